The van der Waals surface area contributed by atoms with Gasteiger partial charge in [0.2, 0.25) is 0 Å². The van der Waals surface area contributed by atoms with Crippen LogP contribution in [0.3, 0.4) is 0 Å². The number of hydrogen-bond acceptors (Lipinski definition) is 12. The monoisotopic (exact) mass is 754 g/mol. The first-order chi connectivity index (χ1) is 26.3. The van der Waals surface area contributed by atoms with Crippen LogP contribution < -0.4 is 9.47 Å². The van der Waals surface area contributed by atoms with Gasteiger partial charge in [0.1, 0.15) is 30.0 Å². The van der Waals surface area contributed by atoms with Crippen LogP contribution in [0.15, 0.2) is 84.9 Å². The zero-order valence-corrected chi connectivity index (χ0v) is 30.6. The molecule has 0 amide bonds. The van der Waals surface area contributed by atoms with Gasteiger partial charge in [-0.2, -0.15) is 4.52 Å². The highest BCUT2D eigenvalue weighted by molar-refractivity contribution is 6.44. The van der Waals surface area contributed by atoms with Gasteiger partial charge in [-0.25, -0.2) is 14.1 Å². The number of benzene rings is 2. The molecule has 0 unspecified atom stereocenters. The second kappa shape index (κ2) is 18.0. The average Bonchev–Trinajstić information content (AvgIpc) is 4.13. The number of carbonyl (C=O) groups excluding carboxylic acids is 2. The molecule has 6 aromatic rings. The maximum absolute atomic E-state index is 12.0. The third-order valence-electron chi connectivity index (χ3n) is 8.48. The fraction of sp³-hybridized carbons (Fsp3) is 0.316. The first kappa shape index (κ1) is 38.2. The molecule has 2 aliphatic rings. The number of carbonyl (C=O) groups is 2. The van der Waals surface area contributed by atoms with Crippen LogP contribution in [0.4, 0.5) is 0 Å². The molecule has 4 aromatic heterocycles. The van der Waals surface area contributed by atoms with E-state index in [4.69, 9.17) is 40.6 Å². The zero-order valence-electron chi connectivity index (χ0n) is 29.9. The minimum absolute atomic E-state index is 0.128. The van der Waals surface area contributed by atoms with Crippen molar-refractivity contribution in [3.63, 3.8) is 0 Å². The number of fused-ring (bicyclic) bond motifs is 2. The average molecular weight is 755 g/mol. The van der Waals surface area contributed by atoms with Crippen molar-refractivity contribution in [2.24, 2.45) is 0 Å². The number of ether oxygens (including phenoxy) is 4. The number of rotatable bonds is 12. The highest BCUT2D eigenvalue weighted by Crippen LogP contribution is 2.44. The Morgan fingerprint density at radius 1 is 0.704 bits per heavy atom. The van der Waals surface area contributed by atoms with Gasteiger partial charge in [0.25, 0.3) is 0 Å². The van der Waals surface area contributed by atoms with Crippen molar-refractivity contribution in [2.75, 3.05) is 13.2 Å². The van der Waals surface area contributed by atoms with Crippen LogP contribution in [-0.2, 0) is 22.7 Å². The minimum Gasteiger partial charge on any atom is -0.487 e. The zero-order chi connectivity index (χ0) is 38.0. The van der Waals surface area contributed by atoms with Gasteiger partial charge in [-0.05, 0) is 67.9 Å². The van der Waals surface area contributed by atoms with Gasteiger partial charge in [-0.3, -0.25) is 0 Å². The van der Waals surface area contributed by atoms with Crippen LogP contribution >= 0.6 is 11.6 Å². The summed E-state index contributed by atoms with van der Waals surface area (Å²) in [6.07, 6.45) is 4.18. The van der Waals surface area contributed by atoms with E-state index < -0.39 is 19.1 Å². The van der Waals surface area contributed by atoms with Crippen LogP contribution in [0.2, 0.25) is 11.0 Å². The second-order valence-electron chi connectivity index (χ2n) is 12.6. The van der Waals surface area contributed by atoms with E-state index in [-0.39, 0.29) is 29.0 Å². The van der Waals surface area contributed by atoms with Gasteiger partial charge >= 0.3 is 19.1 Å². The first-order valence-electron chi connectivity index (χ1n) is 17.7. The number of nitrogens with zero attached hydrogens (tertiary/aromatic N) is 6. The molecule has 0 spiro atoms. The minimum atomic E-state index is -1.04. The Balaban J connectivity index is 0.000000160. The number of aromatic nitrogens is 6. The summed E-state index contributed by atoms with van der Waals surface area (Å²) in [5.41, 5.74) is 4.62. The number of hydrogen-bond donors (Lipinski definition) is 2. The molecule has 14 nitrogen and oxygen atoms in total. The van der Waals surface area contributed by atoms with E-state index in [1.165, 1.54) is 4.52 Å². The van der Waals surface area contributed by atoms with E-state index in [2.05, 4.69) is 20.6 Å². The van der Waals surface area contributed by atoms with Crippen molar-refractivity contribution in [3.8, 4) is 11.5 Å². The van der Waals surface area contributed by atoms with Crippen LogP contribution in [0.25, 0.3) is 11.0 Å². The Morgan fingerprint density at radius 3 is 1.65 bits per heavy atom. The molecule has 54 heavy (non-hydrogen) atoms. The van der Waals surface area contributed by atoms with Gasteiger partial charge < -0.3 is 29.0 Å². The highest BCUT2D eigenvalue weighted by atomic mass is 35.5. The predicted octanol–water partition coefficient (Wildman–Crippen LogP) is 6.12. The summed E-state index contributed by atoms with van der Waals surface area (Å²) in [5.74, 6) is 0.882. The smallest absolute Gasteiger partial charge is 0.454 e. The van der Waals surface area contributed by atoms with Gasteiger partial charge in [-0.1, -0.05) is 95.5 Å². The SMILES string of the molecule is CCOC(=O)c1nnn2c(C3CC3)c(OCc3ccccc3)ccc12.CCOC(=O)c1nnn2c(Cl)c(OCc3ccccc3)ccc12.OB(O)C1CC1. The Bertz CT molecular complexity index is 2180. The molecule has 16 heteroatoms. The molecular weight excluding hydrogens is 715 g/mol. The summed E-state index contributed by atoms with van der Waals surface area (Å²) in [7, 11) is -1.04. The van der Waals surface area contributed by atoms with Crippen molar-refractivity contribution < 1.29 is 38.6 Å². The van der Waals surface area contributed by atoms with Crippen molar-refractivity contribution in [1.82, 2.24) is 29.7 Å². The normalized spacial score (nSPS) is 13.3. The van der Waals surface area contributed by atoms with Gasteiger partial charge in [0.15, 0.2) is 22.3 Å². The third-order valence-corrected chi connectivity index (χ3v) is 8.83. The molecule has 2 aromatic carbocycles. The lowest BCUT2D eigenvalue weighted by Crippen LogP contribution is -2.09. The maximum Gasteiger partial charge on any atom is 0.454 e. The Labute approximate surface area is 316 Å². The molecule has 280 valence electrons. The van der Waals surface area contributed by atoms with Gasteiger partial charge in [-0.15, -0.1) is 10.2 Å². The summed E-state index contributed by atoms with van der Waals surface area (Å²) in [6.45, 7) is 4.95. The maximum atomic E-state index is 12.0. The van der Waals surface area contributed by atoms with E-state index in [1.54, 1.807) is 30.5 Å². The van der Waals surface area contributed by atoms with E-state index in [9.17, 15) is 9.59 Å². The molecule has 0 atom stereocenters. The van der Waals surface area contributed by atoms with Gasteiger partial charge in [0.05, 0.1) is 18.9 Å². The van der Waals surface area contributed by atoms with Crippen molar-refractivity contribution in [3.05, 3.63) is 118 Å². The van der Waals surface area contributed by atoms with Crippen LogP contribution in [0.5, 0.6) is 11.5 Å². The fourth-order valence-corrected chi connectivity index (χ4v) is 5.63. The summed E-state index contributed by atoms with van der Waals surface area (Å²) in [6, 6.07) is 26.8. The number of pyridine rings is 2. The van der Waals surface area contributed by atoms with E-state index >= 15 is 0 Å². The molecule has 4 heterocycles. The lowest BCUT2D eigenvalue weighted by Gasteiger charge is -2.12. The lowest BCUT2D eigenvalue weighted by molar-refractivity contribution is 0.0512. The largest absolute Gasteiger partial charge is 0.487 e. The lowest BCUT2D eigenvalue weighted by atomic mass is 9.84. The third kappa shape index (κ3) is 9.53. The summed E-state index contributed by atoms with van der Waals surface area (Å²) >= 11 is 6.29. The fourth-order valence-electron chi connectivity index (χ4n) is 5.39. The Kier molecular flexibility index (Phi) is 12.8. The second-order valence-corrected chi connectivity index (χ2v) is 12.9. The van der Waals surface area contributed by atoms with E-state index in [0.29, 0.717) is 42.5 Å². The number of halogens is 1. The molecule has 0 saturated heterocycles. The molecular formula is C38H40BClN6O8. The predicted molar refractivity (Wildman–Crippen MR) is 200 cm³/mol. The van der Waals surface area contributed by atoms with Gasteiger partial charge in [0, 0.05) is 5.92 Å². The van der Waals surface area contributed by atoms with E-state index in [0.717, 1.165) is 48.3 Å². The highest BCUT2D eigenvalue weighted by Gasteiger charge is 2.33. The Hall–Kier alpha value is -5.51. The molecule has 0 aliphatic heterocycles. The Morgan fingerprint density at radius 2 is 1.19 bits per heavy atom. The molecule has 2 fully saturated rings. The molecule has 2 saturated carbocycles. The molecule has 8 rings (SSSR count). The van der Waals surface area contributed by atoms with Crippen LogP contribution in [0, 0.1) is 0 Å². The summed E-state index contributed by atoms with van der Waals surface area (Å²) in [4.78, 5) is 23.9. The summed E-state index contributed by atoms with van der Waals surface area (Å²) < 4.78 is 24.8. The standard InChI is InChI=1S/C19H19N3O3.C16H14ClN3O3.C3H7BO2/c1-2-24-19(23)17-15-10-11-16(25-12-13-6-4-3-5-7-13)18(14-8-9-14)22(15)21-20-17;1-2-22-16(21)14-12-8-9-13(15(17)20(12)19-18-14)23-10-11-6-4-3-5-7-11;5-4(6)3-1-2-3/h3-7,10-11,14H,2,8-9,12H2,1H3;3-9H,2,10H2,1H3;3,5-6H,1-2H2. The summed E-state index contributed by atoms with van der Waals surface area (Å²) in [5, 5.41) is 32.7. The number of esters is 2. The molecule has 0 radical (unpaired) electrons. The van der Waals surface area contributed by atoms with Crippen LogP contribution in [0.1, 0.15) is 83.2 Å². The first-order valence-corrected chi connectivity index (χ1v) is 18.1. The molecule has 2 aliphatic carbocycles. The quantitative estimate of drug-likeness (QED) is 0.0834. The van der Waals surface area contributed by atoms with Crippen molar-refractivity contribution in [2.45, 2.75) is 64.5 Å². The van der Waals surface area contributed by atoms with Crippen LogP contribution in [-0.4, -0.2) is 72.0 Å². The molecule has 0 bridgehead atoms. The van der Waals surface area contributed by atoms with E-state index in [1.807, 2.05) is 72.8 Å². The topological polar surface area (TPSA) is 172 Å². The van der Waals surface area contributed by atoms with Crippen molar-refractivity contribution in [1.29, 1.82) is 0 Å². The molecule has 2 N–H and O–H groups in total. The van der Waals surface area contributed by atoms with Crippen molar-refractivity contribution >= 4 is 41.7 Å².